The van der Waals surface area contributed by atoms with Gasteiger partial charge in [-0.2, -0.15) is 0 Å². The van der Waals surface area contributed by atoms with Gasteiger partial charge in [0.05, 0.1) is 11.0 Å². The Morgan fingerprint density at radius 3 is 1.57 bits per heavy atom. The molecule has 6 aromatic carbocycles. The molecule has 0 radical (unpaired) electrons. The Labute approximate surface area is 278 Å². The summed E-state index contributed by atoms with van der Waals surface area (Å²) in [5, 5.41) is 7.85. The van der Waals surface area contributed by atoms with Crippen molar-refractivity contribution in [2.24, 2.45) is 0 Å². The third kappa shape index (κ3) is 5.42. The van der Waals surface area contributed by atoms with Gasteiger partial charge in [0.2, 0.25) is 0 Å². The van der Waals surface area contributed by atoms with Crippen molar-refractivity contribution in [2.45, 2.75) is 20.8 Å². The molecule has 2 nitrogen and oxygen atoms in total. The van der Waals surface area contributed by atoms with Crippen LogP contribution in [-0.4, -0.2) is 9.13 Å². The first-order valence-electron chi connectivity index (χ1n) is 13.5. The Bertz CT molecular complexity index is 2060. The molecule has 0 amide bonds. The van der Waals surface area contributed by atoms with Crippen molar-refractivity contribution in [3.05, 3.63) is 144 Å². The zero-order chi connectivity index (χ0) is 26.5. The third-order valence-electron chi connectivity index (χ3n) is 8.04. The summed E-state index contributed by atoms with van der Waals surface area (Å²) < 4.78 is 4.69. The fraction of sp³-hybridized carbons (Fsp3) is 0.0811. The molecule has 0 fully saturated rings. The number of para-hydroxylation sites is 2. The number of benzene rings is 4. The van der Waals surface area contributed by atoms with Gasteiger partial charge in [-0.25, -0.2) is 0 Å². The fourth-order valence-electron chi connectivity index (χ4n) is 6.02. The van der Waals surface area contributed by atoms with Crippen molar-refractivity contribution in [3.63, 3.8) is 0 Å². The number of aromatic nitrogens is 2. The average Bonchev–Trinajstić information content (AvgIpc) is 3.71. The summed E-state index contributed by atoms with van der Waals surface area (Å²) in [5.41, 5.74) is 9.03. The summed E-state index contributed by atoms with van der Waals surface area (Å²) in [5.74, 6) is 0. The van der Waals surface area contributed by atoms with E-state index in [2.05, 4.69) is 157 Å². The fourth-order valence-corrected chi connectivity index (χ4v) is 6.02. The number of rotatable bonds is 2. The summed E-state index contributed by atoms with van der Waals surface area (Å²) in [6.45, 7) is 6.57. The SMILES string of the molecule is Cc1c(C)n(-c2cc3ccccc3[cH-]2)c2ccccc12.Cc1cc2ccccc2n1-c1cc2ccccc2[cH-]1.[Cl-].[Cl-].[Zr+4]. The zero-order valence-corrected chi connectivity index (χ0v) is 27.7. The van der Waals surface area contributed by atoms with Crippen LogP contribution in [-0.2, 0) is 26.2 Å². The number of halogens is 2. The maximum Gasteiger partial charge on any atom is 4.00 e. The molecule has 0 bridgehead atoms. The van der Waals surface area contributed by atoms with Crippen molar-refractivity contribution in [1.82, 2.24) is 9.13 Å². The van der Waals surface area contributed by atoms with E-state index in [0.29, 0.717) is 0 Å². The molecule has 0 saturated heterocycles. The topological polar surface area (TPSA) is 9.86 Å². The van der Waals surface area contributed by atoms with Gasteiger partial charge in [-0.1, -0.05) is 48.5 Å². The van der Waals surface area contributed by atoms with E-state index in [-0.39, 0.29) is 51.0 Å². The predicted molar refractivity (Wildman–Crippen MR) is 167 cm³/mol. The van der Waals surface area contributed by atoms with Gasteiger partial charge in [0.1, 0.15) is 0 Å². The normalized spacial score (nSPS) is 10.6. The number of hydrogen-bond donors (Lipinski definition) is 0. The summed E-state index contributed by atoms with van der Waals surface area (Å²) in [6.07, 6.45) is 0. The van der Waals surface area contributed by atoms with E-state index in [0.717, 1.165) is 0 Å². The minimum atomic E-state index is 0. The van der Waals surface area contributed by atoms with Gasteiger partial charge in [0.25, 0.3) is 0 Å². The van der Waals surface area contributed by atoms with E-state index in [1.54, 1.807) is 0 Å². The van der Waals surface area contributed by atoms with E-state index in [1.807, 2.05) is 0 Å². The van der Waals surface area contributed by atoms with Crippen molar-refractivity contribution in [1.29, 1.82) is 0 Å². The minimum absolute atomic E-state index is 0. The zero-order valence-electron chi connectivity index (χ0n) is 23.8. The van der Waals surface area contributed by atoms with E-state index in [1.165, 1.54) is 71.7 Å². The predicted octanol–water partition coefficient (Wildman–Crippen LogP) is 3.94. The van der Waals surface area contributed by atoms with Gasteiger partial charge < -0.3 is 33.9 Å². The second-order valence-electron chi connectivity index (χ2n) is 10.4. The first-order chi connectivity index (χ1) is 19.1. The first-order valence-corrected chi connectivity index (χ1v) is 13.5. The molecule has 0 unspecified atom stereocenters. The van der Waals surface area contributed by atoms with Gasteiger partial charge in [0.15, 0.2) is 0 Å². The average molecular weight is 665 g/mol. The quantitative estimate of drug-likeness (QED) is 0.248. The van der Waals surface area contributed by atoms with Gasteiger partial charge >= 0.3 is 26.2 Å². The first kappa shape index (κ1) is 31.6. The van der Waals surface area contributed by atoms with Crippen LogP contribution < -0.4 is 24.8 Å². The second-order valence-corrected chi connectivity index (χ2v) is 10.4. The molecule has 2 heterocycles. The molecule has 0 saturated carbocycles. The summed E-state index contributed by atoms with van der Waals surface area (Å²) >= 11 is 0. The van der Waals surface area contributed by atoms with Crippen LogP contribution in [0.5, 0.6) is 0 Å². The Balaban J connectivity index is 0.000000180. The maximum atomic E-state index is 2.37. The van der Waals surface area contributed by atoms with Crippen LogP contribution >= 0.6 is 0 Å². The molecule has 8 rings (SSSR count). The van der Waals surface area contributed by atoms with E-state index in [9.17, 15) is 0 Å². The summed E-state index contributed by atoms with van der Waals surface area (Å²) in [7, 11) is 0. The van der Waals surface area contributed by atoms with E-state index < -0.39 is 0 Å². The summed E-state index contributed by atoms with van der Waals surface area (Å²) in [4.78, 5) is 0. The standard InChI is InChI=1S/C19H16N.C18H14N.2ClH.Zr/c1-13-14(2)20(19-10-6-5-9-18(13)19)17-11-15-7-3-4-8-16(15)12-17;1-13-10-16-8-4-5-9-18(16)19(13)17-11-14-6-2-3-7-15(14)12-17;;;/h3-12H,1-2H3;2-12H,1H3;2*1H;/q2*-1;;;+4/p-2. The molecule has 0 spiro atoms. The van der Waals surface area contributed by atoms with Gasteiger partial charge in [-0.3, -0.25) is 0 Å². The van der Waals surface area contributed by atoms with Crippen molar-refractivity contribution < 1.29 is 51.0 Å². The van der Waals surface area contributed by atoms with Crippen LogP contribution in [0.4, 0.5) is 0 Å². The maximum absolute atomic E-state index is 2.37. The van der Waals surface area contributed by atoms with Crippen LogP contribution in [0.2, 0.25) is 0 Å². The largest absolute Gasteiger partial charge is 4.00 e. The molecule has 0 aliphatic heterocycles. The van der Waals surface area contributed by atoms with Crippen LogP contribution in [0.15, 0.2) is 127 Å². The number of nitrogens with zero attached hydrogens (tertiary/aromatic N) is 2. The number of hydrogen-bond acceptors (Lipinski definition) is 0. The minimum Gasteiger partial charge on any atom is -1.00 e. The molecule has 0 aliphatic rings. The summed E-state index contributed by atoms with van der Waals surface area (Å²) in [6, 6.07) is 45.5. The monoisotopic (exact) mass is 662 g/mol. The number of fused-ring (bicyclic) bond motifs is 4. The third-order valence-corrected chi connectivity index (χ3v) is 8.04. The Morgan fingerprint density at radius 1 is 0.500 bits per heavy atom. The Hall–Kier alpha value is -3.36. The van der Waals surface area contributed by atoms with Crippen LogP contribution in [0.1, 0.15) is 17.0 Å². The van der Waals surface area contributed by atoms with Crippen LogP contribution in [0.25, 0.3) is 54.7 Å². The molecule has 0 N–H and O–H groups in total. The van der Waals surface area contributed by atoms with Crippen LogP contribution in [0.3, 0.4) is 0 Å². The van der Waals surface area contributed by atoms with E-state index in [4.69, 9.17) is 0 Å². The van der Waals surface area contributed by atoms with Gasteiger partial charge in [0, 0.05) is 22.2 Å². The Kier molecular flexibility index (Phi) is 9.68. The van der Waals surface area contributed by atoms with Crippen molar-refractivity contribution >= 4 is 43.4 Å². The molecule has 8 aromatic rings. The van der Waals surface area contributed by atoms with Crippen molar-refractivity contribution in [2.75, 3.05) is 0 Å². The molecule has 2 aromatic heterocycles. The molecule has 42 heavy (non-hydrogen) atoms. The molecule has 5 heteroatoms. The van der Waals surface area contributed by atoms with Crippen molar-refractivity contribution in [3.8, 4) is 11.4 Å². The molecule has 0 atom stereocenters. The number of aryl methyl sites for hydroxylation is 2. The molecular weight excluding hydrogens is 635 g/mol. The van der Waals surface area contributed by atoms with Crippen LogP contribution in [0, 0.1) is 20.8 Å². The molecular formula is C37H30Cl2N2Zr. The van der Waals surface area contributed by atoms with Gasteiger partial charge in [-0.15, -0.1) is 82.2 Å². The molecule has 206 valence electrons. The van der Waals surface area contributed by atoms with Gasteiger partial charge in [-0.05, 0) is 55.9 Å². The Morgan fingerprint density at radius 2 is 0.976 bits per heavy atom. The second kappa shape index (κ2) is 12.9. The molecule has 0 aliphatic carbocycles. The van der Waals surface area contributed by atoms with E-state index >= 15 is 0 Å². The smallest absolute Gasteiger partial charge is 1.00 e.